The molecular formula is C12H11Br2NO2S. The zero-order chi connectivity index (χ0) is 13.3. The van der Waals surface area contributed by atoms with Gasteiger partial charge in [0.05, 0.1) is 14.9 Å². The van der Waals surface area contributed by atoms with Crippen LogP contribution in [0, 0.1) is 6.92 Å². The van der Waals surface area contributed by atoms with E-state index in [1.165, 1.54) is 11.3 Å². The quantitative estimate of drug-likeness (QED) is 0.773. The summed E-state index contributed by atoms with van der Waals surface area (Å²) in [6, 6.07) is 3.72. The molecule has 3 nitrogen and oxygen atoms in total. The number of hydrogen-bond donors (Lipinski definition) is 0. The molecule has 0 N–H and O–H groups in total. The van der Waals surface area contributed by atoms with Gasteiger partial charge in [0.1, 0.15) is 5.76 Å². The highest BCUT2D eigenvalue weighted by Crippen LogP contribution is 2.33. The highest BCUT2D eigenvalue weighted by molar-refractivity contribution is 9.13. The Morgan fingerprint density at radius 1 is 1.50 bits per heavy atom. The molecule has 0 unspecified atom stereocenters. The molecule has 2 aromatic heterocycles. The predicted molar refractivity (Wildman–Crippen MR) is 79.0 cm³/mol. The Balaban J connectivity index is 2.12. The number of thiophene rings is 1. The second-order valence-corrected chi connectivity index (χ2v) is 7.12. The molecule has 0 aliphatic rings. The van der Waals surface area contributed by atoms with Crippen molar-refractivity contribution in [1.82, 2.24) is 4.90 Å². The minimum absolute atomic E-state index is 0.00648. The van der Waals surface area contributed by atoms with Gasteiger partial charge in [-0.2, -0.15) is 0 Å². The molecule has 0 aliphatic carbocycles. The van der Waals surface area contributed by atoms with Crippen molar-refractivity contribution in [2.75, 3.05) is 7.05 Å². The van der Waals surface area contributed by atoms with E-state index in [0.29, 0.717) is 11.4 Å². The lowest BCUT2D eigenvalue weighted by molar-refractivity contribution is 0.0789. The van der Waals surface area contributed by atoms with Crippen LogP contribution in [0.5, 0.6) is 0 Å². The molecule has 96 valence electrons. The van der Waals surface area contributed by atoms with Crippen LogP contribution in [-0.4, -0.2) is 17.9 Å². The Labute approximate surface area is 126 Å². The maximum Gasteiger partial charge on any atom is 0.264 e. The summed E-state index contributed by atoms with van der Waals surface area (Å²) in [4.78, 5) is 14.6. The average molecular weight is 393 g/mol. The van der Waals surface area contributed by atoms with Crippen molar-refractivity contribution in [3.8, 4) is 0 Å². The number of hydrogen-bond acceptors (Lipinski definition) is 3. The fourth-order valence-corrected chi connectivity index (χ4v) is 3.57. The average Bonchev–Trinajstić information content (AvgIpc) is 2.86. The van der Waals surface area contributed by atoms with E-state index in [-0.39, 0.29) is 5.91 Å². The van der Waals surface area contributed by atoms with Gasteiger partial charge in [-0.1, -0.05) is 0 Å². The first-order valence-electron chi connectivity index (χ1n) is 5.22. The Kier molecular flexibility index (Phi) is 4.29. The molecule has 2 aromatic rings. The molecule has 0 fully saturated rings. The monoisotopic (exact) mass is 391 g/mol. The van der Waals surface area contributed by atoms with Crippen LogP contribution in [0.15, 0.2) is 31.1 Å². The SMILES string of the molecule is Cc1occc1CN(C)C(=O)c1cc(Br)c(Br)s1. The summed E-state index contributed by atoms with van der Waals surface area (Å²) in [5.74, 6) is 0.857. The van der Waals surface area contributed by atoms with Crippen LogP contribution in [0.2, 0.25) is 0 Å². The van der Waals surface area contributed by atoms with Gasteiger partial charge in [-0.3, -0.25) is 4.79 Å². The van der Waals surface area contributed by atoms with Gasteiger partial charge in [0.15, 0.2) is 0 Å². The van der Waals surface area contributed by atoms with E-state index in [2.05, 4.69) is 31.9 Å². The third-order valence-corrected chi connectivity index (χ3v) is 5.82. The molecule has 0 saturated carbocycles. The molecule has 6 heteroatoms. The largest absolute Gasteiger partial charge is 0.469 e. The first kappa shape index (κ1) is 13.8. The molecule has 2 rings (SSSR count). The zero-order valence-corrected chi connectivity index (χ0v) is 13.9. The highest BCUT2D eigenvalue weighted by Gasteiger charge is 2.17. The van der Waals surface area contributed by atoms with E-state index in [0.717, 1.165) is 19.6 Å². The summed E-state index contributed by atoms with van der Waals surface area (Å²) in [6.45, 7) is 2.44. The van der Waals surface area contributed by atoms with Gasteiger partial charge in [0, 0.05) is 23.6 Å². The summed E-state index contributed by atoms with van der Waals surface area (Å²) >= 11 is 8.20. The van der Waals surface area contributed by atoms with Crippen LogP contribution >= 0.6 is 43.2 Å². The minimum Gasteiger partial charge on any atom is -0.469 e. The van der Waals surface area contributed by atoms with Crippen LogP contribution in [0.25, 0.3) is 0 Å². The molecule has 18 heavy (non-hydrogen) atoms. The van der Waals surface area contributed by atoms with Gasteiger partial charge in [0.25, 0.3) is 5.91 Å². The number of nitrogens with zero attached hydrogens (tertiary/aromatic N) is 1. The first-order valence-corrected chi connectivity index (χ1v) is 7.62. The van der Waals surface area contributed by atoms with Crippen molar-refractivity contribution >= 4 is 49.1 Å². The van der Waals surface area contributed by atoms with Crippen molar-refractivity contribution in [1.29, 1.82) is 0 Å². The number of carbonyl (C=O) groups is 1. The van der Waals surface area contributed by atoms with Crippen LogP contribution in [0.3, 0.4) is 0 Å². The van der Waals surface area contributed by atoms with Crippen LogP contribution in [0.1, 0.15) is 21.0 Å². The topological polar surface area (TPSA) is 33.5 Å². The maximum atomic E-state index is 12.2. The maximum absolute atomic E-state index is 12.2. The smallest absolute Gasteiger partial charge is 0.264 e. The van der Waals surface area contributed by atoms with Crippen molar-refractivity contribution in [3.63, 3.8) is 0 Å². The Morgan fingerprint density at radius 2 is 2.22 bits per heavy atom. The third-order valence-electron chi connectivity index (χ3n) is 2.58. The third kappa shape index (κ3) is 2.87. The summed E-state index contributed by atoms with van der Waals surface area (Å²) < 4.78 is 7.06. The molecular weight excluding hydrogens is 382 g/mol. The highest BCUT2D eigenvalue weighted by atomic mass is 79.9. The van der Waals surface area contributed by atoms with Crippen LogP contribution in [0.4, 0.5) is 0 Å². The van der Waals surface area contributed by atoms with E-state index in [1.54, 1.807) is 18.2 Å². The fraction of sp³-hybridized carbons (Fsp3) is 0.250. The number of aryl methyl sites for hydroxylation is 1. The molecule has 0 atom stereocenters. The van der Waals surface area contributed by atoms with E-state index in [9.17, 15) is 4.79 Å². The molecule has 2 heterocycles. The molecule has 0 aromatic carbocycles. The van der Waals surface area contributed by atoms with Gasteiger partial charge in [0.2, 0.25) is 0 Å². The predicted octanol–water partition coefficient (Wildman–Crippen LogP) is 4.45. The normalized spacial score (nSPS) is 10.7. The Morgan fingerprint density at radius 3 is 2.72 bits per heavy atom. The Hall–Kier alpha value is -0.590. The van der Waals surface area contributed by atoms with Crippen molar-refractivity contribution < 1.29 is 9.21 Å². The number of furan rings is 1. The summed E-state index contributed by atoms with van der Waals surface area (Å²) in [7, 11) is 1.79. The number of halogens is 2. The fourth-order valence-electron chi connectivity index (χ4n) is 1.54. The van der Waals surface area contributed by atoms with E-state index < -0.39 is 0 Å². The number of amides is 1. The van der Waals surface area contributed by atoms with Gasteiger partial charge < -0.3 is 9.32 Å². The molecule has 0 bridgehead atoms. The van der Waals surface area contributed by atoms with Crippen LogP contribution in [-0.2, 0) is 6.54 Å². The number of carbonyl (C=O) groups excluding carboxylic acids is 1. The van der Waals surface area contributed by atoms with E-state index >= 15 is 0 Å². The summed E-state index contributed by atoms with van der Waals surface area (Å²) in [5.41, 5.74) is 1.03. The molecule has 0 saturated heterocycles. The number of rotatable bonds is 3. The van der Waals surface area contributed by atoms with Gasteiger partial charge in [-0.05, 0) is 50.9 Å². The van der Waals surface area contributed by atoms with Crippen molar-refractivity contribution in [3.05, 3.63) is 42.9 Å². The van der Waals surface area contributed by atoms with Gasteiger partial charge in [-0.25, -0.2) is 0 Å². The molecule has 1 amide bonds. The second kappa shape index (κ2) is 5.59. The Bertz CT molecular complexity index is 557. The summed E-state index contributed by atoms with van der Waals surface area (Å²) in [5, 5.41) is 0. The molecule has 0 radical (unpaired) electrons. The molecule has 0 aliphatic heterocycles. The molecule has 0 spiro atoms. The standard InChI is InChI=1S/C12H11Br2NO2S/c1-7-8(3-4-17-7)6-15(2)12(16)10-5-9(13)11(14)18-10/h3-5H,6H2,1-2H3. The lowest BCUT2D eigenvalue weighted by Crippen LogP contribution is -2.25. The van der Waals surface area contributed by atoms with Crippen molar-refractivity contribution in [2.45, 2.75) is 13.5 Å². The summed E-state index contributed by atoms with van der Waals surface area (Å²) in [6.07, 6.45) is 1.64. The van der Waals surface area contributed by atoms with Gasteiger partial charge >= 0.3 is 0 Å². The zero-order valence-electron chi connectivity index (χ0n) is 9.87. The first-order chi connectivity index (χ1) is 8.49. The second-order valence-electron chi connectivity index (χ2n) is 3.90. The van der Waals surface area contributed by atoms with E-state index in [1.807, 2.05) is 19.1 Å². The minimum atomic E-state index is 0.00648. The lowest BCUT2D eigenvalue weighted by Gasteiger charge is -2.15. The lowest BCUT2D eigenvalue weighted by atomic mass is 10.2. The van der Waals surface area contributed by atoms with Crippen molar-refractivity contribution in [2.24, 2.45) is 0 Å². The van der Waals surface area contributed by atoms with Gasteiger partial charge in [-0.15, -0.1) is 11.3 Å². The van der Waals surface area contributed by atoms with Crippen LogP contribution < -0.4 is 0 Å². The van der Waals surface area contributed by atoms with E-state index in [4.69, 9.17) is 4.42 Å².